The lowest BCUT2D eigenvalue weighted by Crippen LogP contribution is -2.21. The molecule has 3 aromatic rings. The zero-order valence-electron chi connectivity index (χ0n) is 16.9. The first-order valence-corrected chi connectivity index (χ1v) is 11.0. The van der Waals surface area contributed by atoms with Crippen LogP contribution in [-0.2, 0) is 9.84 Å². The molecule has 0 aromatic heterocycles. The molecule has 0 spiro atoms. The molecule has 2 N–H and O–H groups in total. The van der Waals surface area contributed by atoms with Gasteiger partial charge < -0.3 is 10.6 Å². The summed E-state index contributed by atoms with van der Waals surface area (Å²) >= 11 is 0. The van der Waals surface area contributed by atoms with Crippen molar-refractivity contribution in [2.24, 2.45) is 0 Å². The van der Waals surface area contributed by atoms with E-state index in [1.165, 1.54) is 36.4 Å². The molecule has 0 radical (unpaired) electrons. The first kappa shape index (κ1) is 22.2. The van der Waals surface area contributed by atoms with E-state index in [-0.39, 0.29) is 16.0 Å². The van der Waals surface area contributed by atoms with Gasteiger partial charge in [-0.25, -0.2) is 12.8 Å². The Morgan fingerprint density at radius 1 is 0.806 bits per heavy atom. The minimum atomic E-state index is -3.66. The highest BCUT2D eigenvalue weighted by Crippen LogP contribution is 2.22. The topological polar surface area (TPSA) is 92.3 Å². The number of rotatable bonds is 6. The van der Waals surface area contributed by atoms with Gasteiger partial charge in [0, 0.05) is 16.9 Å². The molecule has 160 valence electrons. The largest absolute Gasteiger partial charge is 0.322 e. The van der Waals surface area contributed by atoms with E-state index in [1.807, 2.05) is 0 Å². The van der Waals surface area contributed by atoms with Gasteiger partial charge >= 0.3 is 0 Å². The first-order valence-electron chi connectivity index (χ1n) is 9.50. The van der Waals surface area contributed by atoms with Crippen LogP contribution in [0.5, 0.6) is 0 Å². The van der Waals surface area contributed by atoms with Crippen molar-refractivity contribution in [2.45, 2.75) is 24.0 Å². The molecule has 31 heavy (non-hydrogen) atoms. The van der Waals surface area contributed by atoms with Gasteiger partial charge in [-0.05, 0) is 62.4 Å². The molecule has 0 heterocycles. The van der Waals surface area contributed by atoms with Gasteiger partial charge in [0.2, 0.25) is 0 Å². The highest BCUT2D eigenvalue weighted by atomic mass is 32.2. The molecule has 0 saturated carbocycles. The summed E-state index contributed by atoms with van der Waals surface area (Å²) in [5.41, 5.74) is 0.872. The fraction of sp³-hybridized carbons (Fsp3) is 0.130. The molecule has 8 heteroatoms. The Hall–Kier alpha value is -3.52. The van der Waals surface area contributed by atoms with Gasteiger partial charge in [-0.1, -0.05) is 24.3 Å². The predicted octanol–water partition coefficient (Wildman–Crippen LogP) is 4.51. The number of sulfone groups is 1. The van der Waals surface area contributed by atoms with Gasteiger partial charge in [0.1, 0.15) is 5.82 Å². The summed E-state index contributed by atoms with van der Waals surface area (Å²) in [6.45, 7) is 3.09. The van der Waals surface area contributed by atoms with Gasteiger partial charge in [-0.2, -0.15) is 0 Å². The second-order valence-electron chi connectivity index (χ2n) is 7.09. The quantitative estimate of drug-likeness (QED) is 0.590. The Balaban J connectivity index is 1.82. The zero-order valence-corrected chi connectivity index (χ0v) is 17.7. The van der Waals surface area contributed by atoms with Crippen molar-refractivity contribution in [2.75, 3.05) is 10.6 Å². The van der Waals surface area contributed by atoms with Crippen LogP contribution < -0.4 is 10.6 Å². The number of nitrogens with one attached hydrogen (secondary N) is 2. The number of anilines is 2. The van der Waals surface area contributed by atoms with E-state index in [9.17, 15) is 22.4 Å². The Bertz CT molecular complexity index is 1240. The van der Waals surface area contributed by atoms with Crippen molar-refractivity contribution in [3.05, 3.63) is 89.7 Å². The van der Waals surface area contributed by atoms with Crippen LogP contribution in [0.25, 0.3) is 0 Å². The van der Waals surface area contributed by atoms with Crippen molar-refractivity contribution >= 4 is 33.0 Å². The maximum Gasteiger partial charge on any atom is 0.256 e. The smallest absolute Gasteiger partial charge is 0.256 e. The number of hydrogen-bond acceptors (Lipinski definition) is 4. The molecule has 0 aliphatic heterocycles. The molecular formula is C23H21FN2O4S. The molecule has 0 aliphatic carbocycles. The lowest BCUT2D eigenvalue weighted by Gasteiger charge is -2.13. The van der Waals surface area contributed by atoms with Gasteiger partial charge in [0.05, 0.1) is 15.7 Å². The minimum Gasteiger partial charge on any atom is -0.322 e. The van der Waals surface area contributed by atoms with Crippen LogP contribution in [0.15, 0.2) is 77.7 Å². The Morgan fingerprint density at radius 3 is 2.10 bits per heavy atom. The maximum atomic E-state index is 13.3. The molecule has 2 amide bonds. The molecule has 0 atom stereocenters. The average Bonchev–Trinajstić information content (AvgIpc) is 2.73. The normalized spacial score (nSPS) is 11.2. The van der Waals surface area contributed by atoms with E-state index in [4.69, 9.17) is 0 Å². The van der Waals surface area contributed by atoms with Crippen LogP contribution in [0.4, 0.5) is 15.8 Å². The summed E-state index contributed by atoms with van der Waals surface area (Å²) in [4.78, 5) is 25.2. The third kappa shape index (κ3) is 5.16. The third-order valence-corrected chi connectivity index (χ3v) is 6.73. The molecule has 3 aromatic carbocycles. The monoisotopic (exact) mass is 440 g/mol. The van der Waals surface area contributed by atoms with Crippen LogP contribution in [0.3, 0.4) is 0 Å². The maximum absolute atomic E-state index is 13.3. The highest BCUT2D eigenvalue weighted by molar-refractivity contribution is 7.92. The SMILES string of the molecule is CC(C)S(=O)(=O)c1ccccc1C(=O)Nc1cccc(C(=O)Nc2cccc(F)c2)c1. The van der Waals surface area contributed by atoms with E-state index >= 15 is 0 Å². The van der Waals surface area contributed by atoms with Crippen LogP contribution in [-0.4, -0.2) is 25.5 Å². The van der Waals surface area contributed by atoms with Gasteiger partial charge in [0.25, 0.3) is 11.8 Å². The van der Waals surface area contributed by atoms with E-state index in [2.05, 4.69) is 10.6 Å². The van der Waals surface area contributed by atoms with Crippen LogP contribution in [0, 0.1) is 5.82 Å². The fourth-order valence-electron chi connectivity index (χ4n) is 2.86. The van der Waals surface area contributed by atoms with Crippen molar-refractivity contribution in [3.63, 3.8) is 0 Å². The number of halogens is 1. The summed E-state index contributed by atoms with van der Waals surface area (Å²) in [5.74, 6) is -1.57. The summed E-state index contributed by atoms with van der Waals surface area (Å²) in [6, 6.07) is 17.6. The number of amides is 2. The van der Waals surface area contributed by atoms with Gasteiger partial charge in [0.15, 0.2) is 9.84 Å². The summed E-state index contributed by atoms with van der Waals surface area (Å²) in [5, 5.41) is 4.53. The molecule has 0 unspecified atom stereocenters. The summed E-state index contributed by atoms with van der Waals surface area (Å²) in [6.07, 6.45) is 0. The number of benzene rings is 3. The van der Waals surface area contributed by atoms with Gasteiger partial charge in [-0.3, -0.25) is 9.59 Å². The standard InChI is InChI=1S/C23H21FN2O4S/c1-15(2)31(29,30)21-12-4-3-11-20(21)23(28)26-18-9-5-7-16(13-18)22(27)25-19-10-6-8-17(24)14-19/h3-15H,1-2H3,(H,25,27)(H,26,28). The molecular weight excluding hydrogens is 419 g/mol. The van der Waals surface area contributed by atoms with Crippen molar-refractivity contribution in [1.29, 1.82) is 0 Å². The van der Waals surface area contributed by atoms with E-state index in [0.717, 1.165) is 0 Å². The third-order valence-electron chi connectivity index (χ3n) is 4.52. The second-order valence-corrected chi connectivity index (χ2v) is 9.56. The zero-order chi connectivity index (χ0) is 22.6. The van der Waals surface area contributed by atoms with E-state index in [1.54, 1.807) is 50.2 Å². The Morgan fingerprint density at radius 2 is 1.42 bits per heavy atom. The number of hydrogen-bond donors (Lipinski definition) is 2. The van der Waals surface area contributed by atoms with Crippen LogP contribution in [0.1, 0.15) is 34.6 Å². The first-order chi connectivity index (χ1) is 14.7. The van der Waals surface area contributed by atoms with Crippen molar-refractivity contribution in [1.82, 2.24) is 0 Å². The lowest BCUT2D eigenvalue weighted by atomic mass is 10.1. The molecule has 0 saturated heterocycles. The highest BCUT2D eigenvalue weighted by Gasteiger charge is 2.25. The number of carbonyl (C=O) groups excluding carboxylic acids is 2. The molecule has 0 fully saturated rings. The lowest BCUT2D eigenvalue weighted by molar-refractivity contribution is 0.101. The van der Waals surface area contributed by atoms with Crippen LogP contribution in [0.2, 0.25) is 0 Å². The average molecular weight is 440 g/mol. The van der Waals surface area contributed by atoms with Crippen LogP contribution >= 0.6 is 0 Å². The van der Waals surface area contributed by atoms with Crippen molar-refractivity contribution < 1.29 is 22.4 Å². The number of carbonyl (C=O) groups is 2. The predicted molar refractivity (Wildman–Crippen MR) is 118 cm³/mol. The molecule has 0 bridgehead atoms. The fourth-order valence-corrected chi connectivity index (χ4v) is 4.11. The summed E-state index contributed by atoms with van der Waals surface area (Å²) in [7, 11) is -3.66. The van der Waals surface area contributed by atoms with Gasteiger partial charge in [-0.15, -0.1) is 0 Å². The second kappa shape index (κ2) is 9.09. The molecule has 3 rings (SSSR count). The minimum absolute atomic E-state index is 0.0193. The Labute approximate surface area is 180 Å². The van der Waals surface area contributed by atoms with Crippen molar-refractivity contribution in [3.8, 4) is 0 Å². The molecule has 6 nitrogen and oxygen atoms in total. The summed E-state index contributed by atoms with van der Waals surface area (Å²) < 4.78 is 38.5. The Kier molecular flexibility index (Phi) is 6.50. The van der Waals surface area contributed by atoms with E-state index < -0.39 is 32.7 Å². The van der Waals surface area contributed by atoms with E-state index in [0.29, 0.717) is 11.4 Å². The molecule has 0 aliphatic rings.